The van der Waals surface area contributed by atoms with Crippen LogP contribution in [0.2, 0.25) is 0 Å². The van der Waals surface area contributed by atoms with E-state index >= 15 is 0 Å². The minimum absolute atomic E-state index is 0.247. The lowest BCUT2D eigenvalue weighted by molar-refractivity contribution is -0.138. The molecule has 3 heterocycles. The second kappa shape index (κ2) is 8.04. The van der Waals surface area contributed by atoms with Crippen LogP contribution in [0.5, 0.6) is 0 Å². The quantitative estimate of drug-likeness (QED) is 0.800. The highest BCUT2D eigenvalue weighted by Gasteiger charge is 2.19. The van der Waals surface area contributed by atoms with Gasteiger partial charge >= 0.3 is 5.97 Å². The second-order valence-electron chi connectivity index (χ2n) is 6.22. The normalized spacial score (nSPS) is 16.6. The summed E-state index contributed by atoms with van der Waals surface area (Å²) in [7, 11) is 0. The van der Waals surface area contributed by atoms with Crippen molar-refractivity contribution in [1.29, 1.82) is 0 Å². The van der Waals surface area contributed by atoms with Crippen molar-refractivity contribution >= 4 is 11.8 Å². The molecule has 0 aliphatic carbocycles. The van der Waals surface area contributed by atoms with Crippen molar-refractivity contribution in [3.05, 3.63) is 54.0 Å². The molecule has 0 spiro atoms. The van der Waals surface area contributed by atoms with E-state index in [1.54, 1.807) is 0 Å². The molecule has 7 heteroatoms. The number of hydrogen-bond donors (Lipinski definition) is 2. The third kappa shape index (κ3) is 4.74. The second-order valence-corrected chi connectivity index (χ2v) is 6.22. The molecule has 1 saturated heterocycles. The predicted octanol–water partition coefficient (Wildman–Crippen LogP) is 0.753. The zero-order chi connectivity index (χ0) is 17.6. The third-order valence-electron chi connectivity index (χ3n) is 4.34. The van der Waals surface area contributed by atoms with Gasteiger partial charge in [0.2, 0.25) is 0 Å². The number of aromatic nitrogens is 2. The average Bonchev–Trinajstić information content (AvgIpc) is 2.63. The Hall–Kier alpha value is -2.51. The molecule has 0 saturated carbocycles. The number of carboxylic acids is 1. The highest BCUT2D eigenvalue weighted by molar-refractivity contribution is 5.73. The zero-order valence-corrected chi connectivity index (χ0v) is 14.1. The van der Waals surface area contributed by atoms with E-state index in [1.165, 1.54) is 0 Å². The van der Waals surface area contributed by atoms with Crippen LogP contribution in [-0.4, -0.2) is 58.2 Å². The van der Waals surface area contributed by atoms with Crippen LogP contribution in [0.4, 0.5) is 5.82 Å². The smallest absolute Gasteiger partial charge is 0.320 e. The Morgan fingerprint density at radius 1 is 1.12 bits per heavy atom. The Morgan fingerprint density at radius 2 is 1.88 bits per heavy atom. The molecule has 3 N–H and O–H groups in total. The fraction of sp³-hybridized carbons (Fsp3) is 0.389. The summed E-state index contributed by atoms with van der Waals surface area (Å²) in [5, 5.41) is 8.92. The summed E-state index contributed by atoms with van der Waals surface area (Å²) in [6, 6.07) is 10.8. The molecule has 0 amide bonds. The van der Waals surface area contributed by atoms with Gasteiger partial charge in [0, 0.05) is 51.0 Å². The number of aliphatic carboxylic acids is 1. The zero-order valence-electron chi connectivity index (χ0n) is 14.1. The minimum atomic E-state index is -1.00. The van der Waals surface area contributed by atoms with Gasteiger partial charge in [-0.05, 0) is 24.3 Å². The van der Waals surface area contributed by atoms with Gasteiger partial charge in [0.25, 0.3) is 0 Å². The van der Waals surface area contributed by atoms with E-state index in [4.69, 9.17) is 10.8 Å². The van der Waals surface area contributed by atoms with E-state index in [-0.39, 0.29) is 6.42 Å². The standard InChI is InChI=1S/C18H23N5O2/c19-16(18(24)25)12-14-4-3-5-15(21-14)13-22-8-10-23(11-9-22)17-6-1-2-7-20-17/h1-7,16H,8-13,19H2,(H,24,25). The number of piperazine rings is 1. The fourth-order valence-electron chi connectivity index (χ4n) is 2.95. The largest absolute Gasteiger partial charge is 0.480 e. The van der Waals surface area contributed by atoms with Crippen molar-refractivity contribution < 1.29 is 9.90 Å². The molecule has 1 aliphatic heterocycles. The Balaban J connectivity index is 1.54. The first kappa shape index (κ1) is 17.3. The molecule has 1 atom stereocenters. The Bertz CT molecular complexity index is 702. The minimum Gasteiger partial charge on any atom is -0.480 e. The van der Waals surface area contributed by atoms with Crippen LogP contribution in [0, 0.1) is 0 Å². The number of pyridine rings is 2. The van der Waals surface area contributed by atoms with Gasteiger partial charge in [-0.25, -0.2) is 4.98 Å². The number of nitrogens with two attached hydrogens (primary N) is 1. The predicted molar refractivity (Wildman–Crippen MR) is 95.3 cm³/mol. The molecule has 1 fully saturated rings. The summed E-state index contributed by atoms with van der Waals surface area (Å²) >= 11 is 0. The van der Waals surface area contributed by atoms with Crippen LogP contribution < -0.4 is 10.6 Å². The van der Waals surface area contributed by atoms with Crippen molar-refractivity contribution in [3.8, 4) is 0 Å². The van der Waals surface area contributed by atoms with E-state index in [0.29, 0.717) is 0 Å². The summed E-state index contributed by atoms with van der Waals surface area (Å²) in [5.74, 6) is 0.0165. The Morgan fingerprint density at radius 3 is 2.56 bits per heavy atom. The van der Waals surface area contributed by atoms with Crippen LogP contribution in [-0.2, 0) is 17.8 Å². The summed E-state index contributed by atoms with van der Waals surface area (Å²) in [4.78, 5) is 24.5. The number of hydrogen-bond acceptors (Lipinski definition) is 6. The monoisotopic (exact) mass is 341 g/mol. The maximum absolute atomic E-state index is 10.9. The number of rotatable bonds is 6. The molecule has 132 valence electrons. The van der Waals surface area contributed by atoms with E-state index in [2.05, 4.69) is 19.8 Å². The van der Waals surface area contributed by atoms with Gasteiger partial charge in [-0.1, -0.05) is 12.1 Å². The van der Waals surface area contributed by atoms with Crippen LogP contribution in [0.3, 0.4) is 0 Å². The molecule has 2 aromatic heterocycles. The van der Waals surface area contributed by atoms with Crippen LogP contribution >= 0.6 is 0 Å². The molecule has 1 aliphatic rings. The van der Waals surface area contributed by atoms with E-state index in [0.717, 1.165) is 49.9 Å². The lowest BCUT2D eigenvalue weighted by atomic mass is 10.1. The molecular formula is C18H23N5O2. The molecule has 2 aromatic rings. The van der Waals surface area contributed by atoms with Crippen molar-refractivity contribution in [2.45, 2.75) is 19.0 Å². The van der Waals surface area contributed by atoms with Crippen molar-refractivity contribution in [2.75, 3.05) is 31.1 Å². The summed E-state index contributed by atoms with van der Waals surface area (Å²) in [6.07, 6.45) is 2.07. The van der Waals surface area contributed by atoms with Gasteiger partial charge in [0.1, 0.15) is 11.9 Å². The fourth-order valence-corrected chi connectivity index (χ4v) is 2.95. The maximum atomic E-state index is 10.9. The van der Waals surface area contributed by atoms with Crippen molar-refractivity contribution in [1.82, 2.24) is 14.9 Å². The molecule has 3 rings (SSSR count). The van der Waals surface area contributed by atoms with Crippen LogP contribution in [0.1, 0.15) is 11.4 Å². The molecule has 1 unspecified atom stereocenters. The number of nitrogens with zero attached hydrogens (tertiary/aromatic N) is 4. The third-order valence-corrected chi connectivity index (χ3v) is 4.34. The highest BCUT2D eigenvalue weighted by Crippen LogP contribution is 2.14. The van der Waals surface area contributed by atoms with E-state index in [1.807, 2.05) is 42.6 Å². The van der Waals surface area contributed by atoms with Gasteiger partial charge in [0.15, 0.2) is 0 Å². The number of carboxylic acid groups (broad SMARTS) is 1. The van der Waals surface area contributed by atoms with Gasteiger partial charge in [-0.2, -0.15) is 0 Å². The molecule has 0 bridgehead atoms. The van der Waals surface area contributed by atoms with Gasteiger partial charge in [-0.15, -0.1) is 0 Å². The van der Waals surface area contributed by atoms with Crippen LogP contribution in [0.25, 0.3) is 0 Å². The van der Waals surface area contributed by atoms with Crippen LogP contribution in [0.15, 0.2) is 42.6 Å². The molecule has 0 radical (unpaired) electrons. The lowest BCUT2D eigenvalue weighted by Gasteiger charge is -2.35. The Kier molecular flexibility index (Phi) is 5.57. The first-order chi connectivity index (χ1) is 12.1. The van der Waals surface area contributed by atoms with Gasteiger partial charge in [-0.3, -0.25) is 14.7 Å². The highest BCUT2D eigenvalue weighted by atomic mass is 16.4. The van der Waals surface area contributed by atoms with E-state index in [9.17, 15) is 4.79 Å². The Labute approximate surface area is 147 Å². The molecule has 0 aromatic carbocycles. The topological polar surface area (TPSA) is 95.6 Å². The summed E-state index contributed by atoms with van der Waals surface area (Å²) < 4.78 is 0. The summed E-state index contributed by atoms with van der Waals surface area (Å²) in [6.45, 7) is 4.50. The van der Waals surface area contributed by atoms with Crippen molar-refractivity contribution in [3.63, 3.8) is 0 Å². The van der Waals surface area contributed by atoms with Crippen molar-refractivity contribution in [2.24, 2.45) is 5.73 Å². The molecular weight excluding hydrogens is 318 g/mol. The first-order valence-electron chi connectivity index (χ1n) is 8.43. The summed E-state index contributed by atoms with van der Waals surface area (Å²) in [5.41, 5.74) is 7.26. The SMILES string of the molecule is NC(Cc1cccc(CN2CCN(c3ccccn3)CC2)n1)C(=O)O. The molecule has 25 heavy (non-hydrogen) atoms. The average molecular weight is 341 g/mol. The van der Waals surface area contributed by atoms with Gasteiger partial charge in [0.05, 0.1) is 5.69 Å². The van der Waals surface area contributed by atoms with Gasteiger partial charge < -0.3 is 15.7 Å². The molecule has 7 nitrogen and oxygen atoms in total. The lowest BCUT2D eigenvalue weighted by Crippen LogP contribution is -2.46. The van der Waals surface area contributed by atoms with E-state index < -0.39 is 12.0 Å². The number of anilines is 1. The number of carbonyl (C=O) groups is 1. The first-order valence-corrected chi connectivity index (χ1v) is 8.43. The maximum Gasteiger partial charge on any atom is 0.320 e.